The molecule has 45 heavy (non-hydrogen) atoms. The zero-order valence-electron chi connectivity index (χ0n) is 26.3. The van der Waals surface area contributed by atoms with Crippen LogP contribution in [0.4, 0.5) is 0 Å². The van der Waals surface area contributed by atoms with E-state index in [4.69, 9.17) is 0 Å². The fourth-order valence-electron chi connectivity index (χ4n) is 6.34. The Labute approximate surface area is 265 Å². The average molecular weight is 583 g/mol. The Balaban J connectivity index is 0.00000175. The summed E-state index contributed by atoms with van der Waals surface area (Å²) in [5.74, 6) is 0. The minimum Gasteiger partial charge on any atom is -0.310 e. The van der Waals surface area contributed by atoms with Gasteiger partial charge in [0.2, 0.25) is 0 Å². The van der Waals surface area contributed by atoms with E-state index in [0.29, 0.717) is 0 Å². The van der Waals surface area contributed by atoms with Crippen LogP contribution >= 0.6 is 0 Å². The zero-order chi connectivity index (χ0) is 31.5. The lowest BCUT2D eigenvalue weighted by molar-refractivity contribution is 1.18. The van der Waals surface area contributed by atoms with Crippen molar-refractivity contribution in [2.75, 3.05) is 0 Å². The van der Waals surface area contributed by atoms with Gasteiger partial charge in [-0.25, -0.2) is 0 Å². The van der Waals surface area contributed by atoms with Crippen LogP contribution in [0.25, 0.3) is 66.1 Å². The molecule has 2 heteroatoms. The predicted octanol–water partition coefficient (Wildman–Crippen LogP) is 12.2. The largest absolute Gasteiger partial charge is 0.310 e. The van der Waals surface area contributed by atoms with Gasteiger partial charge in [-0.05, 0) is 71.7 Å². The third-order valence-electron chi connectivity index (χ3n) is 8.40. The van der Waals surface area contributed by atoms with Gasteiger partial charge >= 0.3 is 0 Å². The van der Waals surface area contributed by atoms with Gasteiger partial charge in [0.05, 0.1) is 22.1 Å². The molecule has 0 N–H and O–H groups in total. The number of benzene rings is 5. The summed E-state index contributed by atoms with van der Waals surface area (Å²) in [5, 5.41) is 5.02. The Hall–Kier alpha value is -5.60. The molecule has 0 bridgehead atoms. The third kappa shape index (κ3) is 4.95. The van der Waals surface area contributed by atoms with Crippen molar-refractivity contribution in [1.29, 1.82) is 0 Å². The lowest BCUT2D eigenvalue weighted by Gasteiger charge is -2.12. The summed E-state index contributed by atoms with van der Waals surface area (Å²) in [6, 6.07) is 41.1. The summed E-state index contributed by atoms with van der Waals surface area (Å²) in [4.78, 5) is 0. The molecule has 220 valence electrons. The maximum atomic E-state index is 4.17. The molecule has 7 rings (SSSR count). The highest BCUT2D eigenvalue weighted by atomic mass is 15.0. The summed E-state index contributed by atoms with van der Waals surface area (Å²) < 4.78 is 4.77. The van der Waals surface area contributed by atoms with Crippen molar-refractivity contribution < 1.29 is 0 Å². The Morgan fingerprint density at radius 2 is 1.13 bits per heavy atom. The smallest absolute Gasteiger partial charge is 0.0548 e. The van der Waals surface area contributed by atoms with Crippen LogP contribution in [-0.4, -0.2) is 9.13 Å². The van der Waals surface area contributed by atoms with Gasteiger partial charge in [-0.15, -0.1) is 0 Å². The predicted molar refractivity (Wildman–Crippen MR) is 199 cm³/mol. The van der Waals surface area contributed by atoms with E-state index < -0.39 is 0 Å². The van der Waals surface area contributed by atoms with Gasteiger partial charge in [-0.1, -0.05) is 131 Å². The fourth-order valence-corrected chi connectivity index (χ4v) is 6.34. The molecule has 0 spiro atoms. The molecule has 0 fully saturated rings. The lowest BCUT2D eigenvalue weighted by Crippen LogP contribution is -1.96. The highest BCUT2D eigenvalue weighted by Gasteiger charge is 2.20. The van der Waals surface area contributed by atoms with E-state index in [1.165, 1.54) is 43.6 Å². The minimum atomic E-state index is 0.912. The monoisotopic (exact) mass is 582 g/mol. The minimum absolute atomic E-state index is 0.912. The number of aromatic nitrogens is 2. The molecule has 2 aromatic heterocycles. The van der Waals surface area contributed by atoms with Crippen molar-refractivity contribution in [2.24, 2.45) is 0 Å². The second-order valence-corrected chi connectivity index (χ2v) is 10.7. The van der Waals surface area contributed by atoms with Crippen LogP contribution in [0.5, 0.6) is 0 Å². The maximum absolute atomic E-state index is 4.17. The molecule has 0 amide bonds. The second kappa shape index (κ2) is 12.6. The molecular weight excluding hydrogens is 544 g/mol. The van der Waals surface area contributed by atoms with Crippen LogP contribution in [0.15, 0.2) is 159 Å². The Bertz CT molecular complexity index is 2270. The molecule has 2 nitrogen and oxygen atoms in total. The number of nitrogens with zero attached hydrogens (tertiary/aromatic N) is 2. The molecule has 0 aliphatic heterocycles. The van der Waals surface area contributed by atoms with E-state index in [-0.39, 0.29) is 0 Å². The fraction of sp³-hybridized carbons (Fsp3) is 0.0698. The first kappa shape index (κ1) is 29.5. The van der Waals surface area contributed by atoms with E-state index in [2.05, 4.69) is 163 Å². The number of rotatable bonds is 7. The number of hydrogen-bond donors (Lipinski definition) is 0. The van der Waals surface area contributed by atoms with Crippen molar-refractivity contribution in [3.63, 3.8) is 0 Å². The third-order valence-corrected chi connectivity index (χ3v) is 8.40. The van der Waals surface area contributed by atoms with E-state index >= 15 is 0 Å². The van der Waals surface area contributed by atoms with Gasteiger partial charge in [0.15, 0.2) is 0 Å². The van der Waals surface area contributed by atoms with Crippen molar-refractivity contribution in [3.05, 3.63) is 170 Å². The van der Waals surface area contributed by atoms with Gasteiger partial charge in [-0.2, -0.15) is 0 Å². The van der Waals surface area contributed by atoms with Crippen LogP contribution in [0.2, 0.25) is 0 Å². The molecule has 0 aliphatic rings. The Kier molecular flexibility index (Phi) is 8.22. The van der Waals surface area contributed by atoms with Crippen molar-refractivity contribution in [2.45, 2.75) is 20.8 Å². The normalized spacial score (nSPS) is 12.0. The Morgan fingerprint density at radius 1 is 0.578 bits per heavy atom. The molecule has 7 aromatic rings. The summed E-state index contributed by atoms with van der Waals surface area (Å²) in [7, 11) is 0. The number of fused-ring (bicyclic) bond motifs is 7. The van der Waals surface area contributed by atoms with Crippen molar-refractivity contribution in [3.8, 4) is 5.69 Å². The molecule has 0 radical (unpaired) electrons. The summed E-state index contributed by atoms with van der Waals surface area (Å²) in [5.41, 5.74) is 11.1. The van der Waals surface area contributed by atoms with Crippen LogP contribution in [0.3, 0.4) is 0 Å². The quantitative estimate of drug-likeness (QED) is 0.165. The highest BCUT2D eigenvalue weighted by molar-refractivity contribution is 6.29. The van der Waals surface area contributed by atoms with Gasteiger partial charge in [0, 0.05) is 32.9 Å². The Morgan fingerprint density at radius 3 is 1.78 bits per heavy atom. The molecule has 0 atom stereocenters. The second-order valence-electron chi connectivity index (χ2n) is 10.7. The van der Waals surface area contributed by atoms with Crippen LogP contribution < -0.4 is 0 Å². The summed E-state index contributed by atoms with van der Waals surface area (Å²) >= 11 is 0. The molecule has 0 saturated heterocycles. The topological polar surface area (TPSA) is 9.86 Å². The zero-order valence-corrected chi connectivity index (χ0v) is 26.3. The van der Waals surface area contributed by atoms with Gasteiger partial charge in [0.1, 0.15) is 0 Å². The van der Waals surface area contributed by atoms with Crippen molar-refractivity contribution >= 4 is 60.5 Å². The average Bonchev–Trinajstić information content (AvgIpc) is 3.63. The molecule has 0 unspecified atom stereocenters. The number of allylic oxidation sites excluding steroid dienone is 7. The standard InChI is InChI=1S/C41H32N2.C2H6/c1-5-28(4)30-21-23-31(24-22-30)29(6-2)27-32(7-3)42-36-19-13-11-17-34(36)40-38(42)25-26-39-41(40)35-18-12-14-20-37(35)43(39)33-15-9-8-10-16-33;1-2/h5-27H,1-2,4H2,3H3;1-2H3/b29-27+,32-7+;. The first-order valence-electron chi connectivity index (χ1n) is 15.6. The maximum Gasteiger partial charge on any atom is 0.0548 e. The molecule has 0 saturated carbocycles. The first-order chi connectivity index (χ1) is 22.1. The SMILES string of the molecule is C=CC(=C)c1ccc(/C(C=C)=C/C(=C\C)n2c3ccccc3c3c4c5ccccc5n(-c5ccccc5)c4ccc32)cc1.CC. The van der Waals surface area contributed by atoms with E-state index in [9.17, 15) is 0 Å². The van der Waals surface area contributed by atoms with Gasteiger partial charge < -0.3 is 9.13 Å². The summed E-state index contributed by atoms with van der Waals surface area (Å²) in [6.07, 6.45) is 8.13. The molecular formula is C43H38N2. The van der Waals surface area contributed by atoms with Gasteiger partial charge in [0.25, 0.3) is 0 Å². The van der Waals surface area contributed by atoms with E-state index in [0.717, 1.165) is 33.7 Å². The van der Waals surface area contributed by atoms with E-state index in [1.807, 2.05) is 19.9 Å². The molecule has 0 aliphatic carbocycles. The van der Waals surface area contributed by atoms with Crippen LogP contribution in [0, 0.1) is 0 Å². The number of para-hydroxylation sites is 3. The van der Waals surface area contributed by atoms with Crippen LogP contribution in [-0.2, 0) is 0 Å². The summed E-state index contributed by atoms with van der Waals surface area (Å²) in [6.45, 7) is 18.2. The van der Waals surface area contributed by atoms with E-state index in [1.54, 1.807) is 6.08 Å². The highest BCUT2D eigenvalue weighted by Crippen LogP contribution is 2.42. The first-order valence-corrected chi connectivity index (χ1v) is 15.6. The molecule has 2 heterocycles. The van der Waals surface area contributed by atoms with Crippen LogP contribution in [0.1, 0.15) is 31.9 Å². The van der Waals surface area contributed by atoms with Crippen molar-refractivity contribution in [1.82, 2.24) is 9.13 Å². The lowest BCUT2D eigenvalue weighted by atomic mass is 10.00. The number of hydrogen-bond acceptors (Lipinski definition) is 0. The molecule has 5 aromatic carbocycles. The van der Waals surface area contributed by atoms with Gasteiger partial charge in [-0.3, -0.25) is 0 Å².